The van der Waals surface area contributed by atoms with Gasteiger partial charge in [-0.25, -0.2) is 0 Å². The normalized spacial score (nSPS) is 39.2. The third-order valence-electron chi connectivity index (χ3n) is 4.68. The fourth-order valence-electron chi connectivity index (χ4n) is 3.96. The molecule has 3 rings (SSSR count). The second-order valence-electron chi connectivity index (χ2n) is 5.64. The maximum atomic E-state index is 3.59. The summed E-state index contributed by atoms with van der Waals surface area (Å²) in [6, 6.07) is 2.70. The van der Waals surface area contributed by atoms with E-state index in [1.807, 2.05) is 0 Å². The molecule has 1 saturated carbocycles. The van der Waals surface area contributed by atoms with Gasteiger partial charge in [0.2, 0.25) is 0 Å². The van der Waals surface area contributed by atoms with Gasteiger partial charge in [-0.05, 0) is 25.7 Å². The van der Waals surface area contributed by atoms with Crippen LogP contribution in [0.4, 0.5) is 0 Å². The molecular formula is C13H24N2. The first-order chi connectivity index (χ1) is 7.45. The van der Waals surface area contributed by atoms with Crippen LogP contribution in [0.5, 0.6) is 0 Å². The van der Waals surface area contributed by atoms with E-state index in [9.17, 15) is 0 Å². The lowest BCUT2D eigenvalue weighted by Gasteiger charge is -2.41. The maximum Gasteiger partial charge on any atom is 0.0227 e. The minimum Gasteiger partial charge on any atom is -0.314 e. The topological polar surface area (TPSA) is 15.3 Å². The zero-order chi connectivity index (χ0) is 10.1. The quantitative estimate of drug-likeness (QED) is 0.664. The van der Waals surface area contributed by atoms with E-state index in [1.165, 1.54) is 64.5 Å². The van der Waals surface area contributed by atoms with Gasteiger partial charge in [-0.1, -0.05) is 25.7 Å². The van der Waals surface area contributed by atoms with Crippen LogP contribution in [0.2, 0.25) is 0 Å². The van der Waals surface area contributed by atoms with Gasteiger partial charge in [0, 0.05) is 31.2 Å². The van der Waals surface area contributed by atoms with Gasteiger partial charge >= 0.3 is 0 Å². The minimum absolute atomic E-state index is 0.881. The smallest absolute Gasteiger partial charge is 0.0227 e. The Morgan fingerprint density at radius 2 is 1.27 bits per heavy atom. The van der Waals surface area contributed by atoms with Crippen molar-refractivity contribution >= 4 is 0 Å². The lowest BCUT2D eigenvalue weighted by molar-refractivity contribution is 0.0884. The van der Waals surface area contributed by atoms with E-state index in [0.29, 0.717) is 0 Å². The van der Waals surface area contributed by atoms with Crippen molar-refractivity contribution in [3.8, 4) is 0 Å². The number of rotatable bonds is 1. The molecule has 2 heteroatoms. The van der Waals surface area contributed by atoms with Gasteiger partial charge in [-0.15, -0.1) is 0 Å². The summed E-state index contributed by atoms with van der Waals surface area (Å²) < 4.78 is 0. The van der Waals surface area contributed by atoms with Crippen molar-refractivity contribution in [3.05, 3.63) is 0 Å². The molecule has 0 spiro atoms. The van der Waals surface area contributed by atoms with Crippen molar-refractivity contribution in [3.63, 3.8) is 0 Å². The van der Waals surface area contributed by atoms with Crippen LogP contribution in [-0.4, -0.2) is 36.1 Å². The van der Waals surface area contributed by atoms with E-state index in [1.54, 1.807) is 0 Å². The maximum absolute atomic E-state index is 3.59. The number of hydrogen-bond acceptors (Lipinski definition) is 2. The molecule has 86 valence electrons. The Morgan fingerprint density at radius 1 is 0.667 bits per heavy atom. The molecule has 2 atom stereocenters. The van der Waals surface area contributed by atoms with Crippen molar-refractivity contribution in [1.82, 2.24) is 10.2 Å². The average Bonchev–Trinajstić information content (AvgIpc) is 2.54. The highest BCUT2D eigenvalue weighted by atomic mass is 15.3. The number of piperazine rings is 1. The van der Waals surface area contributed by atoms with Crippen LogP contribution < -0.4 is 5.32 Å². The molecule has 3 aliphatic rings. The molecule has 0 aromatic rings. The lowest BCUT2D eigenvalue weighted by atomic mass is 10.0. The summed E-state index contributed by atoms with van der Waals surface area (Å²) in [7, 11) is 0. The van der Waals surface area contributed by atoms with Crippen molar-refractivity contribution in [2.45, 2.75) is 69.5 Å². The molecule has 15 heavy (non-hydrogen) atoms. The van der Waals surface area contributed by atoms with Gasteiger partial charge in [0.25, 0.3) is 0 Å². The van der Waals surface area contributed by atoms with E-state index in [4.69, 9.17) is 0 Å². The molecule has 0 amide bonds. The summed E-state index contributed by atoms with van der Waals surface area (Å²) in [5.41, 5.74) is 0. The standard InChI is InChI=1S/C13H24N2/c1-2-4-6-11(5-3-1)15-12-7-8-13(15)10-14-9-12/h11-14H,1-10H2. The number of nitrogens with one attached hydrogen (secondary N) is 1. The van der Waals surface area contributed by atoms with Crippen LogP contribution in [0.15, 0.2) is 0 Å². The molecule has 2 bridgehead atoms. The summed E-state index contributed by atoms with van der Waals surface area (Å²) in [5, 5.41) is 3.59. The monoisotopic (exact) mass is 208 g/mol. The zero-order valence-corrected chi connectivity index (χ0v) is 9.75. The minimum atomic E-state index is 0.881. The van der Waals surface area contributed by atoms with Crippen molar-refractivity contribution in [2.24, 2.45) is 0 Å². The molecule has 2 nitrogen and oxygen atoms in total. The highest BCUT2D eigenvalue weighted by molar-refractivity contribution is 4.97. The Balaban J connectivity index is 1.69. The highest BCUT2D eigenvalue weighted by Gasteiger charge is 2.40. The summed E-state index contributed by atoms with van der Waals surface area (Å²) in [5.74, 6) is 0. The first-order valence-corrected chi connectivity index (χ1v) is 6.93. The zero-order valence-electron chi connectivity index (χ0n) is 9.75. The van der Waals surface area contributed by atoms with Crippen molar-refractivity contribution in [2.75, 3.05) is 13.1 Å². The molecule has 0 aromatic carbocycles. The lowest BCUT2D eigenvalue weighted by Crippen LogP contribution is -2.55. The van der Waals surface area contributed by atoms with Crippen LogP contribution >= 0.6 is 0 Å². The molecule has 2 heterocycles. The second-order valence-corrected chi connectivity index (χ2v) is 5.64. The number of hydrogen-bond donors (Lipinski definition) is 1. The van der Waals surface area contributed by atoms with Gasteiger partial charge in [0.1, 0.15) is 0 Å². The number of fused-ring (bicyclic) bond motifs is 2. The third-order valence-corrected chi connectivity index (χ3v) is 4.68. The van der Waals surface area contributed by atoms with Gasteiger partial charge in [-0.2, -0.15) is 0 Å². The molecule has 2 aliphatic heterocycles. The van der Waals surface area contributed by atoms with Crippen LogP contribution in [0.3, 0.4) is 0 Å². The fraction of sp³-hybridized carbons (Fsp3) is 1.00. The molecular weight excluding hydrogens is 184 g/mol. The van der Waals surface area contributed by atoms with Gasteiger partial charge in [0.05, 0.1) is 0 Å². The summed E-state index contributed by atoms with van der Waals surface area (Å²) in [6.45, 7) is 2.51. The van der Waals surface area contributed by atoms with E-state index in [0.717, 1.165) is 18.1 Å². The van der Waals surface area contributed by atoms with Crippen molar-refractivity contribution < 1.29 is 0 Å². The highest BCUT2D eigenvalue weighted by Crippen LogP contribution is 2.33. The molecule has 1 aliphatic carbocycles. The molecule has 0 aromatic heterocycles. The largest absolute Gasteiger partial charge is 0.314 e. The van der Waals surface area contributed by atoms with Crippen LogP contribution in [0.25, 0.3) is 0 Å². The summed E-state index contributed by atoms with van der Waals surface area (Å²) in [4.78, 5) is 2.90. The SMILES string of the molecule is C1CCCC(N2C3CCC2CNC3)CC1. The van der Waals surface area contributed by atoms with Crippen molar-refractivity contribution in [1.29, 1.82) is 0 Å². The first kappa shape index (κ1) is 10.1. The predicted octanol–water partition coefficient (Wildman–Crippen LogP) is 2.15. The van der Waals surface area contributed by atoms with Gasteiger partial charge < -0.3 is 5.32 Å². The van der Waals surface area contributed by atoms with Crippen LogP contribution in [0, 0.1) is 0 Å². The van der Waals surface area contributed by atoms with Crippen LogP contribution in [0.1, 0.15) is 51.4 Å². The summed E-state index contributed by atoms with van der Waals surface area (Å²) >= 11 is 0. The Morgan fingerprint density at radius 3 is 1.87 bits per heavy atom. The fourth-order valence-corrected chi connectivity index (χ4v) is 3.96. The van der Waals surface area contributed by atoms with E-state index >= 15 is 0 Å². The van der Waals surface area contributed by atoms with E-state index < -0.39 is 0 Å². The molecule has 3 fully saturated rings. The Hall–Kier alpha value is -0.0800. The molecule has 2 saturated heterocycles. The molecule has 1 N–H and O–H groups in total. The predicted molar refractivity (Wildman–Crippen MR) is 63.0 cm³/mol. The second kappa shape index (κ2) is 4.42. The Labute approximate surface area is 93.4 Å². The Kier molecular flexibility index (Phi) is 2.98. The third kappa shape index (κ3) is 1.94. The van der Waals surface area contributed by atoms with Gasteiger partial charge in [0.15, 0.2) is 0 Å². The average molecular weight is 208 g/mol. The van der Waals surface area contributed by atoms with E-state index in [2.05, 4.69) is 10.2 Å². The number of nitrogens with zero attached hydrogens (tertiary/aromatic N) is 1. The summed E-state index contributed by atoms with van der Waals surface area (Å²) in [6.07, 6.45) is 11.8. The molecule has 2 unspecified atom stereocenters. The Bertz CT molecular complexity index is 193. The van der Waals surface area contributed by atoms with Gasteiger partial charge in [-0.3, -0.25) is 4.90 Å². The van der Waals surface area contributed by atoms with E-state index in [-0.39, 0.29) is 0 Å². The first-order valence-electron chi connectivity index (χ1n) is 6.93. The molecule has 0 radical (unpaired) electrons. The van der Waals surface area contributed by atoms with Crippen LogP contribution in [-0.2, 0) is 0 Å².